The van der Waals surface area contributed by atoms with Gasteiger partial charge in [-0.1, -0.05) is 17.7 Å². The quantitative estimate of drug-likeness (QED) is 0.865. The van der Waals surface area contributed by atoms with Gasteiger partial charge in [-0.2, -0.15) is 0 Å². The highest BCUT2D eigenvalue weighted by molar-refractivity contribution is 6.32. The Labute approximate surface area is 101 Å². The molecule has 0 aliphatic rings. The third-order valence-electron chi connectivity index (χ3n) is 2.21. The third kappa shape index (κ3) is 3.67. The first-order valence-electron chi connectivity index (χ1n) is 5.25. The van der Waals surface area contributed by atoms with Gasteiger partial charge in [-0.15, -0.1) is 0 Å². The highest BCUT2D eigenvalue weighted by Crippen LogP contribution is 2.28. The molecule has 4 heteroatoms. The van der Waals surface area contributed by atoms with Crippen molar-refractivity contribution in [3.8, 4) is 5.75 Å². The van der Waals surface area contributed by atoms with Crippen LogP contribution in [0.2, 0.25) is 5.02 Å². The summed E-state index contributed by atoms with van der Waals surface area (Å²) in [6.07, 6.45) is -0.0244. The minimum absolute atomic E-state index is 0.0244. The molecule has 16 heavy (non-hydrogen) atoms. The zero-order valence-electron chi connectivity index (χ0n) is 9.87. The standard InChI is InChI=1S/C12H18ClNO2/c1-8(7-15-3)16-12-5-4-10(9(2)14)6-11(12)13/h4-6,8-9H,7,14H2,1-3H3. The minimum atomic E-state index is -0.0250. The van der Waals surface area contributed by atoms with Gasteiger partial charge in [-0.05, 0) is 31.5 Å². The Morgan fingerprint density at radius 1 is 1.38 bits per heavy atom. The summed E-state index contributed by atoms with van der Waals surface area (Å²) in [6, 6.07) is 5.57. The van der Waals surface area contributed by atoms with Crippen LogP contribution in [0.5, 0.6) is 5.75 Å². The molecular weight excluding hydrogens is 226 g/mol. The molecule has 90 valence electrons. The predicted molar refractivity (Wildman–Crippen MR) is 66.0 cm³/mol. The van der Waals surface area contributed by atoms with Crippen molar-refractivity contribution in [2.75, 3.05) is 13.7 Å². The van der Waals surface area contributed by atoms with E-state index in [0.717, 1.165) is 5.56 Å². The van der Waals surface area contributed by atoms with E-state index < -0.39 is 0 Å². The van der Waals surface area contributed by atoms with Gasteiger partial charge >= 0.3 is 0 Å². The fourth-order valence-corrected chi connectivity index (χ4v) is 1.61. The summed E-state index contributed by atoms with van der Waals surface area (Å²) in [6.45, 7) is 4.38. The fraction of sp³-hybridized carbons (Fsp3) is 0.500. The zero-order chi connectivity index (χ0) is 12.1. The van der Waals surface area contributed by atoms with Crippen LogP contribution in [0.4, 0.5) is 0 Å². The summed E-state index contributed by atoms with van der Waals surface area (Å²) in [5.74, 6) is 0.663. The van der Waals surface area contributed by atoms with Crippen molar-refractivity contribution in [2.45, 2.75) is 26.0 Å². The van der Waals surface area contributed by atoms with E-state index in [9.17, 15) is 0 Å². The highest BCUT2D eigenvalue weighted by atomic mass is 35.5. The number of halogens is 1. The van der Waals surface area contributed by atoms with Gasteiger partial charge in [-0.25, -0.2) is 0 Å². The molecular formula is C12H18ClNO2. The maximum Gasteiger partial charge on any atom is 0.138 e. The van der Waals surface area contributed by atoms with E-state index >= 15 is 0 Å². The largest absolute Gasteiger partial charge is 0.487 e. The Morgan fingerprint density at radius 3 is 2.56 bits per heavy atom. The Morgan fingerprint density at radius 2 is 2.06 bits per heavy atom. The molecule has 1 aromatic rings. The topological polar surface area (TPSA) is 44.5 Å². The normalized spacial score (nSPS) is 14.6. The molecule has 0 fully saturated rings. The van der Waals surface area contributed by atoms with E-state index in [-0.39, 0.29) is 12.1 Å². The molecule has 0 aliphatic carbocycles. The molecule has 0 saturated carbocycles. The lowest BCUT2D eigenvalue weighted by atomic mass is 10.1. The van der Waals surface area contributed by atoms with Crippen molar-refractivity contribution < 1.29 is 9.47 Å². The third-order valence-corrected chi connectivity index (χ3v) is 2.51. The summed E-state index contributed by atoms with van der Waals surface area (Å²) in [7, 11) is 1.64. The molecule has 0 spiro atoms. The molecule has 1 rings (SSSR count). The van der Waals surface area contributed by atoms with Crippen LogP contribution in [-0.4, -0.2) is 19.8 Å². The van der Waals surface area contributed by atoms with Crippen LogP contribution < -0.4 is 10.5 Å². The lowest BCUT2D eigenvalue weighted by Gasteiger charge is -2.16. The second-order valence-corrected chi connectivity index (χ2v) is 4.27. The molecule has 0 aromatic heterocycles. The van der Waals surface area contributed by atoms with Gasteiger partial charge in [0.2, 0.25) is 0 Å². The minimum Gasteiger partial charge on any atom is -0.487 e. The second kappa shape index (κ2) is 6.09. The number of nitrogens with two attached hydrogens (primary N) is 1. The molecule has 0 saturated heterocycles. The van der Waals surface area contributed by atoms with E-state index in [1.54, 1.807) is 7.11 Å². The number of ether oxygens (including phenoxy) is 2. The first kappa shape index (κ1) is 13.3. The molecule has 0 amide bonds. The van der Waals surface area contributed by atoms with E-state index in [1.807, 2.05) is 32.0 Å². The Bertz CT molecular complexity index is 342. The van der Waals surface area contributed by atoms with E-state index in [2.05, 4.69) is 0 Å². The molecule has 0 heterocycles. The van der Waals surface area contributed by atoms with Crippen molar-refractivity contribution in [1.29, 1.82) is 0 Å². The maximum absolute atomic E-state index is 6.10. The van der Waals surface area contributed by atoms with Crippen LogP contribution in [-0.2, 0) is 4.74 Å². The second-order valence-electron chi connectivity index (χ2n) is 3.86. The van der Waals surface area contributed by atoms with Crippen LogP contribution in [0.1, 0.15) is 25.5 Å². The van der Waals surface area contributed by atoms with E-state index in [1.165, 1.54) is 0 Å². The zero-order valence-corrected chi connectivity index (χ0v) is 10.6. The Balaban J connectivity index is 2.75. The molecule has 2 N–H and O–H groups in total. The summed E-state index contributed by atoms with van der Waals surface area (Å²) >= 11 is 6.10. The van der Waals surface area contributed by atoms with Crippen LogP contribution in [0.15, 0.2) is 18.2 Å². The van der Waals surface area contributed by atoms with Crippen LogP contribution >= 0.6 is 11.6 Å². The average Bonchev–Trinajstić information content (AvgIpc) is 2.21. The van der Waals surface area contributed by atoms with Crippen LogP contribution in [0.25, 0.3) is 0 Å². The van der Waals surface area contributed by atoms with Crippen molar-refractivity contribution in [1.82, 2.24) is 0 Å². The summed E-state index contributed by atoms with van der Waals surface area (Å²) in [4.78, 5) is 0. The number of hydrogen-bond donors (Lipinski definition) is 1. The molecule has 0 bridgehead atoms. The van der Waals surface area contributed by atoms with Gasteiger partial charge in [0.1, 0.15) is 11.9 Å². The predicted octanol–water partition coefficient (Wildman–Crippen LogP) is 2.77. The van der Waals surface area contributed by atoms with Crippen molar-refractivity contribution in [2.24, 2.45) is 5.73 Å². The first-order chi connectivity index (χ1) is 7.54. The van der Waals surface area contributed by atoms with Crippen LogP contribution in [0.3, 0.4) is 0 Å². The van der Waals surface area contributed by atoms with Crippen molar-refractivity contribution in [3.63, 3.8) is 0 Å². The molecule has 0 aliphatic heterocycles. The SMILES string of the molecule is COCC(C)Oc1ccc(C(C)N)cc1Cl. The molecule has 2 unspecified atom stereocenters. The van der Waals surface area contributed by atoms with E-state index in [0.29, 0.717) is 17.4 Å². The molecule has 3 nitrogen and oxygen atoms in total. The number of methoxy groups -OCH3 is 1. The smallest absolute Gasteiger partial charge is 0.138 e. The molecule has 1 aromatic carbocycles. The fourth-order valence-electron chi connectivity index (χ4n) is 1.38. The highest BCUT2D eigenvalue weighted by Gasteiger charge is 2.09. The number of benzene rings is 1. The van der Waals surface area contributed by atoms with Gasteiger partial charge in [0, 0.05) is 13.2 Å². The molecule has 2 atom stereocenters. The average molecular weight is 244 g/mol. The van der Waals surface area contributed by atoms with Gasteiger partial charge < -0.3 is 15.2 Å². The van der Waals surface area contributed by atoms with Crippen LogP contribution in [0, 0.1) is 0 Å². The number of rotatable bonds is 5. The van der Waals surface area contributed by atoms with Crippen molar-refractivity contribution >= 4 is 11.6 Å². The lowest BCUT2D eigenvalue weighted by molar-refractivity contribution is 0.0921. The van der Waals surface area contributed by atoms with Gasteiger partial charge in [0.15, 0.2) is 0 Å². The van der Waals surface area contributed by atoms with E-state index in [4.69, 9.17) is 26.8 Å². The van der Waals surface area contributed by atoms with Crippen molar-refractivity contribution in [3.05, 3.63) is 28.8 Å². The van der Waals surface area contributed by atoms with Gasteiger partial charge in [-0.3, -0.25) is 0 Å². The maximum atomic E-state index is 6.10. The summed E-state index contributed by atoms with van der Waals surface area (Å²) in [5, 5.41) is 0.581. The number of hydrogen-bond acceptors (Lipinski definition) is 3. The monoisotopic (exact) mass is 243 g/mol. The van der Waals surface area contributed by atoms with Gasteiger partial charge in [0.05, 0.1) is 11.6 Å². The summed E-state index contributed by atoms with van der Waals surface area (Å²) < 4.78 is 10.6. The lowest BCUT2D eigenvalue weighted by Crippen LogP contribution is -2.18. The van der Waals surface area contributed by atoms with Gasteiger partial charge in [0.25, 0.3) is 0 Å². The Kier molecular flexibility index (Phi) is 5.06. The first-order valence-corrected chi connectivity index (χ1v) is 5.63. The summed E-state index contributed by atoms with van der Waals surface area (Å²) in [5.41, 5.74) is 6.76. The molecule has 0 radical (unpaired) electrons. The Hall–Kier alpha value is -0.770.